The van der Waals surface area contributed by atoms with Gasteiger partial charge >= 0.3 is 17.9 Å². The molecule has 3 aromatic carbocycles. The summed E-state index contributed by atoms with van der Waals surface area (Å²) >= 11 is 0. The number of likely N-dealkylation sites (N-methyl/N-ethyl adjacent to an activating group) is 1. The third kappa shape index (κ3) is 15.4. The van der Waals surface area contributed by atoms with Crippen molar-refractivity contribution in [1.82, 2.24) is 9.91 Å². The molecule has 0 amide bonds. The maximum atomic E-state index is 13.5. The van der Waals surface area contributed by atoms with E-state index in [1.165, 1.54) is 11.6 Å². The standard InChI is InChI=1S/C49H60N4O9/c1-4-46(54)59-31-12-8-6-10-29-57-42-21-17-38(18-22-42)48(37-15-14-16-37)61-45-33-40(35-50)44(34-41(45)36-51-53-27-25-52(3)26-28-53)62-49(56)39-19-23-43(24-20-39)58-30-11-7-9-13-32-60-47(55)5-2/h4-5,17-24,33-36,50H,1-2,6-16,25-32H2,3H3/b50-35?,51-36+. The van der Waals surface area contributed by atoms with Gasteiger partial charge in [0.25, 0.3) is 0 Å². The molecule has 1 aliphatic heterocycles. The van der Waals surface area contributed by atoms with Crippen LogP contribution in [-0.2, 0) is 19.1 Å². The number of benzene rings is 3. The second kappa shape index (κ2) is 25.5. The molecule has 2 fully saturated rings. The number of esters is 3. The SMILES string of the molecule is C=CC(=O)OCCCCCCOc1ccc(C(=O)Oc2cc(/C=N/N3CCN(C)CC3)c(OC(=C3CCC3)c3ccc(OCCCCCCOC(=O)C=C)cc3)cc2C=N)cc1. The van der Waals surface area contributed by atoms with E-state index in [0.717, 1.165) is 126 Å². The summed E-state index contributed by atoms with van der Waals surface area (Å²) in [6.07, 6.45) is 15.2. The molecule has 0 spiro atoms. The van der Waals surface area contributed by atoms with Crippen LogP contribution in [0.1, 0.15) is 97.7 Å². The van der Waals surface area contributed by atoms with Gasteiger partial charge in [-0.15, -0.1) is 0 Å². The van der Waals surface area contributed by atoms with Gasteiger partial charge in [-0.2, -0.15) is 5.10 Å². The fraction of sp³-hybridized carbons (Fsp3) is 0.408. The highest BCUT2D eigenvalue weighted by atomic mass is 16.5. The molecule has 1 heterocycles. The number of nitrogens with zero attached hydrogens (tertiary/aromatic N) is 3. The van der Waals surface area contributed by atoms with Gasteiger partial charge < -0.3 is 38.7 Å². The van der Waals surface area contributed by atoms with Crippen molar-refractivity contribution >= 4 is 36.1 Å². The average Bonchev–Trinajstić information content (AvgIpc) is 3.27. The average molecular weight is 849 g/mol. The molecule has 330 valence electrons. The van der Waals surface area contributed by atoms with Gasteiger partial charge in [0.15, 0.2) is 0 Å². The van der Waals surface area contributed by atoms with Gasteiger partial charge in [-0.1, -0.05) is 13.2 Å². The number of carbonyl (C=O) groups excluding carboxylic acids is 3. The Labute approximate surface area is 365 Å². The van der Waals surface area contributed by atoms with E-state index < -0.39 is 17.9 Å². The maximum Gasteiger partial charge on any atom is 0.343 e. The van der Waals surface area contributed by atoms with Crippen LogP contribution in [0, 0.1) is 5.41 Å². The van der Waals surface area contributed by atoms with E-state index in [9.17, 15) is 14.4 Å². The van der Waals surface area contributed by atoms with E-state index in [1.807, 2.05) is 29.3 Å². The molecule has 1 saturated carbocycles. The maximum absolute atomic E-state index is 13.5. The quantitative estimate of drug-likeness (QED) is 0.0206. The summed E-state index contributed by atoms with van der Waals surface area (Å²) in [5, 5.41) is 15.1. The Morgan fingerprint density at radius 3 is 1.66 bits per heavy atom. The molecule has 0 radical (unpaired) electrons. The van der Waals surface area contributed by atoms with Crippen LogP contribution in [0.25, 0.3) is 5.76 Å². The Morgan fingerprint density at radius 2 is 1.16 bits per heavy atom. The summed E-state index contributed by atoms with van der Waals surface area (Å²) in [5.41, 5.74) is 3.43. The second-order valence-corrected chi connectivity index (χ2v) is 15.2. The molecule has 0 atom stereocenters. The predicted octanol–water partition coefficient (Wildman–Crippen LogP) is 8.80. The number of hydrogen-bond acceptors (Lipinski definition) is 13. The van der Waals surface area contributed by atoms with E-state index in [4.69, 9.17) is 38.9 Å². The van der Waals surface area contributed by atoms with E-state index in [1.54, 1.807) is 42.6 Å². The Balaban J connectivity index is 1.23. The minimum Gasteiger partial charge on any atom is -0.494 e. The molecule has 13 heteroatoms. The van der Waals surface area contributed by atoms with Crippen LogP contribution in [0.4, 0.5) is 0 Å². The number of carbonyl (C=O) groups is 3. The highest BCUT2D eigenvalue weighted by Gasteiger charge is 2.22. The van der Waals surface area contributed by atoms with Crippen molar-refractivity contribution < 1.29 is 42.8 Å². The number of allylic oxidation sites excluding steroid dienone is 1. The van der Waals surface area contributed by atoms with E-state index >= 15 is 0 Å². The molecule has 62 heavy (non-hydrogen) atoms. The van der Waals surface area contributed by atoms with Gasteiger partial charge in [0.2, 0.25) is 0 Å². The molecule has 0 aromatic heterocycles. The molecule has 13 nitrogen and oxygen atoms in total. The lowest BCUT2D eigenvalue weighted by Gasteiger charge is -2.30. The molecule has 3 aromatic rings. The van der Waals surface area contributed by atoms with Crippen molar-refractivity contribution in [2.45, 2.75) is 70.6 Å². The smallest absolute Gasteiger partial charge is 0.343 e. The lowest BCUT2D eigenvalue weighted by Crippen LogP contribution is -2.41. The molecule has 1 saturated heterocycles. The van der Waals surface area contributed by atoms with Crippen LogP contribution in [0.2, 0.25) is 0 Å². The fourth-order valence-electron chi connectivity index (χ4n) is 6.57. The van der Waals surface area contributed by atoms with Crippen LogP contribution in [0.3, 0.4) is 0 Å². The van der Waals surface area contributed by atoms with Gasteiger partial charge in [0.05, 0.1) is 38.2 Å². The minimum atomic E-state index is -0.571. The summed E-state index contributed by atoms with van der Waals surface area (Å²) in [7, 11) is 2.09. The minimum absolute atomic E-state index is 0.215. The highest BCUT2D eigenvalue weighted by molar-refractivity contribution is 5.95. The zero-order valence-electron chi connectivity index (χ0n) is 35.9. The first kappa shape index (κ1) is 46.8. The van der Waals surface area contributed by atoms with Crippen LogP contribution in [-0.4, -0.2) is 99.9 Å². The van der Waals surface area contributed by atoms with Gasteiger partial charge in [0, 0.05) is 61.2 Å². The Kier molecular flexibility index (Phi) is 19.3. The number of unbranched alkanes of at least 4 members (excludes halogenated alkanes) is 6. The molecular weight excluding hydrogens is 789 g/mol. The lowest BCUT2D eigenvalue weighted by molar-refractivity contribution is -0.138. The number of ether oxygens (including phenoxy) is 6. The van der Waals surface area contributed by atoms with E-state index in [2.05, 4.69) is 25.1 Å². The summed E-state index contributed by atoms with van der Waals surface area (Å²) in [4.78, 5) is 38.1. The van der Waals surface area contributed by atoms with Crippen molar-refractivity contribution in [3.63, 3.8) is 0 Å². The topological polar surface area (TPSA) is 149 Å². The van der Waals surface area contributed by atoms with Crippen molar-refractivity contribution in [2.24, 2.45) is 5.10 Å². The number of hydrazone groups is 1. The molecule has 1 N–H and O–H groups in total. The van der Waals surface area contributed by atoms with Gasteiger partial charge in [-0.3, -0.25) is 5.01 Å². The number of piperazine rings is 1. The molecule has 1 aliphatic carbocycles. The first-order chi connectivity index (χ1) is 30.3. The summed E-state index contributed by atoms with van der Waals surface area (Å²) in [6.45, 7) is 12.0. The van der Waals surface area contributed by atoms with Gasteiger partial charge in [-0.05, 0) is 144 Å². The first-order valence-corrected chi connectivity index (χ1v) is 21.6. The Bertz CT molecular complexity index is 2010. The Morgan fingerprint density at radius 1 is 0.661 bits per heavy atom. The second-order valence-electron chi connectivity index (χ2n) is 15.2. The van der Waals surface area contributed by atoms with Gasteiger partial charge in [-0.25, -0.2) is 14.4 Å². The summed E-state index contributed by atoms with van der Waals surface area (Å²) < 4.78 is 34.7. The monoisotopic (exact) mass is 848 g/mol. The summed E-state index contributed by atoms with van der Waals surface area (Å²) in [6, 6.07) is 18.1. The molecule has 0 unspecified atom stereocenters. The van der Waals surface area contributed by atoms with Crippen LogP contribution in [0.15, 0.2) is 96.6 Å². The van der Waals surface area contributed by atoms with Crippen molar-refractivity contribution in [3.8, 4) is 23.0 Å². The molecule has 2 aliphatic rings. The van der Waals surface area contributed by atoms with Crippen LogP contribution < -0.4 is 18.9 Å². The lowest BCUT2D eigenvalue weighted by atomic mass is 9.89. The third-order valence-corrected chi connectivity index (χ3v) is 10.5. The third-order valence-electron chi connectivity index (χ3n) is 10.5. The first-order valence-electron chi connectivity index (χ1n) is 21.6. The van der Waals surface area contributed by atoms with Crippen molar-refractivity contribution in [1.29, 1.82) is 5.41 Å². The number of rotatable bonds is 26. The largest absolute Gasteiger partial charge is 0.494 e. The van der Waals surface area contributed by atoms with Crippen LogP contribution >= 0.6 is 0 Å². The van der Waals surface area contributed by atoms with Gasteiger partial charge in [0.1, 0.15) is 28.8 Å². The van der Waals surface area contributed by atoms with E-state index in [-0.39, 0.29) is 5.75 Å². The normalized spacial score (nSPS) is 13.8. The Hall–Kier alpha value is -6.21. The number of nitrogens with one attached hydrogen (secondary N) is 1. The van der Waals surface area contributed by atoms with Crippen molar-refractivity contribution in [2.75, 3.05) is 59.7 Å². The zero-order chi connectivity index (χ0) is 43.9. The highest BCUT2D eigenvalue weighted by Crippen LogP contribution is 2.38. The van der Waals surface area contributed by atoms with Crippen molar-refractivity contribution in [3.05, 3.63) is 114 Å². The molecular formula is C49H60N4O9. The number of hydrogen-bond donors (Lipinski definition) is 1. The zero-order valence-corrected chi connectivity index (χ0v) is 35.9. The predicted molar refractivity (Wildman–Crippen MR) is 240 cm³/mol. The van der Waals surface area contributed by atoms with Crippen LogP contribution in [0.5, 0.6) is 23.0 Å². The molecule has 0 bridgehead atoms. The summed E-state index contributed by atoms with van der Waals surface area (Å²) in [5.74, 6) is 1.49. The van der Waals surface area contributed by atoms with E-state index in [0.29, 0.717) is 54.6 Å². The fourth-order valence-corrected chi connectivity index (χ4v) is 6.57. The molecule has 5 rings (SSSR count).